The summed E-state index contributed by atoms with van der Waals surface area (Å²) < 4.78 is 5.61. The maximum atomic E-state index is 5.61. The summed E-state index contributed by atoms with van der Waals surface area (Å²) in [6, 6.07) is 4.49. The van der Waals surface area contributed by atoms with Crippen LogP contribution in [0.15, 0.2) is 24.8 Å². The first-order valence-electron chi connectivity index (χ1n) is 6.32. The SMILES string of the molecule is C=CCc1cc(C(C)C)c(OC)c(C(C)C)c1. The Morgan fingerprint density at radius 3 is 1.88 bits per heavy atom. The van der Waals surface area contributed by atoms with Crippen molar-refractivity contribution >= 4 is 0 Å². The predicted molar refractivity (Wildman–Crippen MR) is 75.1 cm³/mol. The van der Waals surface area contributed by atoms with Crippen LogP contribution in [0.2, 0.25) is 0 Å². The van der Waals surface area contributed by atoms with Gasteiger partial charge in [0.1, 0.15) is 5.75 Å². The standard InChI is InChI=1S/C16H24O/c1-7-8-13-9-14(11(2)3)16(17-6)15(10-13)12(4)5/h7,9-12H,1,8H2,2-6H3. The van der Waals surface area contributed by atoms with E-state index < -0.39 is 0 Å². The fraction of sp³-hybridized carbons (Fsp3) is 0.500. The largest absolute Gasteiger partial charge is 0.496 e. The molecule has 0 unspecified atom stereocenters. The van der Waals surface area contributed by atoms with Crippen LogP contribution in [-0.2, 0) is 6.42 Å². The van der Waals surface area contributed by atoms with Crippen LogP contribution in [0.5, 0.6) is 5.75 Å². The van der Waals surface area contributed by atoms with Crippen molar-refractivity contribution in [3.8, 4) is 5.75 Å². The van der Waals surface area contributed by atoms with Gasteiger partial charge in [0.25, 0.3) is 0 Å². The number of methoxy groups -OCH3 is 1. The van der Waals surface area contributed by atoms with E-state index in [0.29, 0.717) is 11.8 Å². The van der Waals surface area contributed by atoms with Crippen molar-refractivity contribution in [3.05, 3.63) is 41.5 Å². The van der Waals surface area contributed by atoms with E-state index >= 15 is 0 Å². The molecule has 0 bridgehead atoms. The molecular weight excluding hydrogens is 208 g/mol. The van der Waals surface area contributed by atoms with Crippen LogP contribution in [0.3, 0.4) is 0 Å². The maximum absolute atomic E-state index is 5.61. The van der Waals surface area contributed by atoms with Gasteiger partial charge in [-0.05, 0) is 34.9 Å². The fourth-order valence-corrected chi connectivity index (χ4v) is 2.12. The molecule has 17 heavy (non-hydrogen) atoms. The van der Waals surface area contributed by atoms with Gasteiger partial charge in [0.2, 0.25) is 0 Å². The average Bonchev–Trinajstić information content (AvgIpc) is 2.28. The quantitative estimate of drug-likeness (QED) is 0.670. The number of rotatable bonds is 5. The lowest BCUT2D eigenvalue weighted by molar-refractivity contribution is 0.400. The molecule has 94 valence electrons. The zero-order valence-electron chi connectivity index (χ0n) is 11.7. The lowest BCUT2D eigenvalue weighted by Gasteiger charge is -2.20. The zero-order chi connectivity index (χ0) is 13.0. The third-order valence-electron chi connectivity index (χ3n) is 3.03. The first-order chi connectivity index (χ1) is 8.01. The first kappa shape index (κ1) is 13.8. The lowest BCUT2D eigenvalue weighted by Crippen LogP contribution is -2.02. The highest BCUT2D eigenvalue weighted by atomic mass is 16.5. The highest BCUT2D eigenvalue weighted by Gasteiger charge is 2.15. The molecule has 0 amide bonds. The van der Waals surface area contributed by atoms with Crippen molar-refractivity contribution in [1.29, 1.82) is 0 Å². The third kappa shape index (κ3) is 3.12. The Balaban J connectivity index is 3.39. The highest BCUT2D eigenvalue weighted by Crippen LogP contribution is 2.35. The summed E-state index contributed by atoms with van der Waals surface area (Å²) in [5.74, 6) is 2.02. The number of ether oxygens (including phenoxy) is 1. The summed E-state index contributed by atoms with van der Waals surface area (Å²) in [4.78, 5) is 0. The molecule has 0 fully saturated rings. The molecule has 1 nitrogen and oxygen atoms in total. The molecule has 1 aromatic carbocycles. The number of benzene rings is 1. The van der Waals surface area contributed by atoms with E-state index in [2.05, 4.69) is 46.4 Å². The lowest BCUT2D eigenvalue weighted by atomic mass is 9.90. The summed E-state index contributed by atoms with van der Waals surface area (Å²) >= 11 is 0. The molecule has 0 aliphatic rings. The summed E-state index contributed by atoms with van der Waals surface area (Å²) in [6.45, 7) is 12.6. The second kappa shape index (κ2) is 5.90. The van der Waals surface area contributed by atoms with Gasteiger partial charge in [0.15, 0.2) is 0 Å². The molecule has 1 aromatic rings. The van der Waals surface area contributed by atoms with Gasteiger partial charge in [-0.1, -0.05) is 45.9 Å². The van der Waals surface area contributed by atoms with E-state index in [4.69, 9.17) is 4.74 Å². The number of allylic oxidation sites excluding steroid dienone is 1. The molecule has 1 rings (SSSR count). The van der Waals surface area contributed by atoms with Gasteiger partial charge in [-0.3, -0.25) is 0 Å². The summed E-state index contributed by atoms with van der Waals surface area (Å²) in [5.41, 5.74) is 3.93. The molecule has 0 saturated heterocycles. The molecule has 0 aliphatic carbocycles. The maximum Gasteiger partial charge on any atom is 0.125 e. The zero-order valence-corrected chi connectivity index (χ0v) is 11.7. The van der Waals surface area contributed by atoms with Crippen LogP contribution in [0.1, 0.15) is 56.2 Å². The van der Waals surface area contributed by atoms with E-state index in [0.717, 1.165) is 12.2 Å². The van der Waals surface area contributed by atoms with Gasteiger partial charge < -0.3 is 4.74 Å². The van der Waals surface area contributed by atoms with Crippen molar-refractivity contribution in [2.75, 3.05) is 7.11 Å². The van der Waals surface area contributed by atoms with Crippen molar-refractivity contribution in [1.82, 2.24) is 0 Å². The fourth-order valence-electron chi connectivity index (χ4n) is 2.12. The van der Waals surface area contributed by atoms with Crippen molar-refractivity contribution in [2.24, 2.45) is 0 Å². The van der Waals surface area contributed by atoms with Gasteiger partial charge in [0, 0.05) is 0 Å². The Morgan fingerprint density at radius 1 is 1.12 bits per heavy atom. The highest BCUT2D eigenvalue weighted by molar-refractivity contribution is 5.48. The second-order valence-corrected chi connectivity index (χ2v) is 5.11. The third-order valence-corrected chi connectivity index (χ3v) is 3.03. The predicted octanol–water partition coefficient (Wildman–Crippen LogP) is 4.67. The topological polar surface area (TPSA) is 9.23 Å². The van der Waals surface area contributed by atoms with E-state index in [1.807, 2.05) is 6.08 Å². The summed E-state index contributed by atoms with van der Waals surface area (Å²) in [5, 5.41) is 0. The monoisotopic (exact) mass is 232 g/mol. The molecule has 1 heteroatoms. The van der Waals surface area contributed by atoms with Gasteiger partial charge >= 0.3 is 0 Å². The molecule has 0 radical (unpaired) electrons. The molecule has 0 N–H and O–H groups in total. The second-order valence-electron chi connectivity index (χ2n) is 5.11. The van der Waals surface area contributed by atoms with Crippen LogP contribution in [0, 0.1) is 0 Å². The minimum Gasteiger partial charge on any atom is -0.496 e. The van der Waals surface area contributed by atoms with Crippen LogP contribution >= 0.6 is 0 Å². The summed E-state index contributed by atoms with van der Waals surface area (Å²) in [7, 11) is 1.76. The van der Waals surface area contributed by atoms with Crippen LogP contribution < -0.4 is 4.74 Å². The van der Waals surface area contributed by atoms with Gasteiger partial charge in [-0.15, -0.1) is 6.58 Å². The van der Waals surface area contributed by atoms with Crippen molar-refractivity contribution in [2.45, 2.75) is 46.0 Å². The van der Waals surface area contributed by atoms with Gasteiger partial charge in [0.05, 0.1) is 7.11 Å². The molecule has 0 heterocycles. The van der Waals surface area contributed by atoms with Gasteiger partial charge in [-0.2, -0.15) is 0 Å². The van der Waals surface area contributed by atoms with E-state index in [9.17, 15) is 0 Å². The smallest absolute Gasteiger partial charge is 0.125 e. The van der Waals surface area contributed by atoms with Crippen LogP contribution in [0.25, 0.3) is 0 Å². The van der Waals surface area contributed by atoms with E-state index in [-0.39, 0.29) is 0 Å². The average molecular weight is 232 g/mol. The minimum atomic E-state index is 0.479. The minimum absolute atomic E-state index is 0.479. The molecule has 0 saturated carbocycles. The van der Waals surface area contributed by atoms with E-state index in [1.165, 1.54) is 16.7 Å². The van der Waals surface area contributed by atoms with Crippen molar-refractivity contribution < 1.29 is 4.74 Å². The van der Waals surface area contributed by atoms with Gasteiger partial charge in [-0.25, -0.2) is 0 Å². The Kier molecular flexibility index (Phi) is 4.80. The van der Waals surface area contributed by atoms with Crippen molar-refractivity contribution in [3.63, 3.8) is 0 Å². The first-order valence-corrected chi connectivity index (χ1v) is 6.32. The Morgan fingerprint density at radius 2 is 1.59 bits per heavy atom. The number of hydrogen-bond donors (Lipinski definition) is 0. The Bertz CT molecular complexity index is 360. The molecule has 0 spiro atoms. The van der Waals surface area contributed by atoms with Crippen LogP contribution in [-0.4, -0.2) is 7.11 Å². The molecule has 0 aliphatic heterocycles. The van der Waals surface area contributed by atoms with E-state index in [1.54, 1.807) is 7.11 Å². The molecular formula is C16H24O. The Labute approximate surface area is 106 Å². The Hall–Kier alpha value is -1.24. The molecule has 0 aromatic heterocycles. The van der Waals surface area contributed by atoms with Crippen LogP contribution in [0.4, 0.5) is 0 Å². The summed E-state index contributed by atoms with van der Waals surface area (Å²) in [6.07, 6.45) is 2.87. The number of hydrogen-bond acceptors (Lipinski definition) is 1. The molecule has 0 atom stereocenters. The normalized spacial score (nSPS) is 11.0.